The Bertz CT molecular complexity index is 1150. The first-order valence-corrected chi connectivity index (χ1v) is 11.4. The molecule has 2 aromatic carbocycles. The zero-order valence-corrected chi connectivity index (χ0v) is 18.8. The van der Waals surface area contributed by atoms with E-state index in [9.17, 15) is 14.4 Å². The minimum atomic E-state index is -1.24. The second-order valence-electron chi connectivity index (χ2n) is 9.13. The van der Waals surface area contributed by atoms with Gasteiger partial charge < -0.3 is 4.90 Å². The lowest BCUT2D eigenvalue weighted by atomic mass is 9.73. The third kappa shape index (κ3) is 3.10. The van der Waals surface area contributed by atoms with Gasteiger partial charge in [0.05, 0.1) is 5.41 Å². The number of rotatable bonds is 3. The highest BCUT2D eigenvalue weighted by Crippen LogP contribution is 2.45. The Kier molecular flexibility index (Phi) is 4.97. The Hall–Kier alpha value is -2.92. The largest absolute Gasteiger partial charge is 0.343 e. The van der Waals surface area contributed by atoms with Crippen LogP contribution in [0.25, 0.3) is 6.08 Å². The summed E-state index contributed by atoms with van der Waals surface area (Å²) in [7, 11) is 1.47. The van der Waals surface area contributed by atoms with Crippen molar-refractivity contribution in [2.75, 3.05) is 20.1 Å². The zero-order chi connectivity index (χ0) is 22.5. The van der Waals surface area contributed by atoms with Gasteiger partial charge in [-0.3, -0.25) is 19.3 Å². The third-order valence-electron chi connectivity index (χ3n) is 7.47. The Morgan fingerprint density at radius 3 is 2.31 bits per heavy atom. The molecule has 3 aliphatic rings. The van der Waals surface area contributed by atoms with Crippen LogP contribution in [0.1, 0.15) is 42.4 Å². The summed E-state index contributed by atoms with van der Waals surface area (Å²) in [6, 6.07) is 15.5. The van der Waals surface area contributed by atoms with Crippen molar-refractivity contribution in [3.8, 4) is 0 Å². The van der Waals surface area contributed by atoms with Gasteiger partial charge in [0.1, 0.15) is 0 Å². The van der Waals surface area contributed by atoms with Gasteiger partial charge in [0.15, 0.2) is 0 Å². The molecule has 164 valence electrons. The Labute approximate surface area is 192 Å². The number of fused-ring (bicyclic) bond motifs is 2. The minimum absolute atomic E-state index is 0.0207. The maximum atomic E-state index is 13.4. The minimum Gasteiger partial charge on any atom is -0.343 e. The average Bonchev–Trinajstić information content (AvgIpc) is 3.26. The number of nitrogens with zero attached hydrogens (tertiary/aromatic N) is 2. The number of halogens is 1. The molecule has 0 aromatic heterocycles. The van der Waals surface area contributed by atoms with Crippen LogP contribution in [0.2, 0.25) is 5.02 Å². The lowest BCUT2D eigenvalue weighted by Crippen LogP contribution is -2.47. The lowest BCUT2D eigenvalue weighted by Gasteiger charge is -2.40. The first-order valence-electron chi connectivity index (χ1n) is 11.0. The van der Waals surface area contributed by atoms with Crippen LogP contribution in [0.15, 0.2) is 54.6 Å². The van der Waals surface area contributed by atoms with E-state index < -0.39 is 5.41 Å². The van der Waals surface area contributed by atoms with Gasteiger partial charge in [-0.15, -0.1) is 0 Å². The number of benzene rings is 2. The predicted octanol–water partition coefficient (Wildman–Crippen LogP) is 3.94. The molecule has 1 atom stereocenters. The molecule has 5 rings (SSSR count). The molecule has 2 aliphatic heterocycles. The van der Waals surface area contributed by atoms with Crippen LogP contribution in [0.3, 0.4) is 0 Å². The Morgan fingerprint density at radius 1 is 1.00 bits per heavy atom. The molecule has 0 saturated carbocycles. The van der Waals surface area contributed by atoms with Crippen LogP contribution in [-0.2, 0) is 25.2 Å². The predicted molar refractivity (Wildman–Crippen MR) is 123 cm³/mol. The molecule has 0 radical (unpaired) electrons. The van der Waals surface area contributed by atoms with Gasteiger partial charge >= 0.3 is 0 Å². The number of hydrogen-bond acceptors (Lipinski definition) is 3. The van der Waals surface area contributed by atoms with Gasteiger partial charge in [-0.2, -0.15) is 0 Å². The van der Waals surface area contributed by atoms with E-state index in [1.165, 1.54) is 18.2 Å². The first kappa shape index (κ1) is 21.0. The topological polar surface area (TPSA) is 57.7 Å². The summed E-state index contributed by atoms with van der Waals surface area (Å²) < 4.78 is 0. The summed E-state index contributed by atoms with van der Waals surface area (Å²) in [5, 5.41) is 0.405. The number of likely N-dealkylation sites (tertiary alicyclic amines) is 2. The second-order valence-corrected chi connectivity index (χ2v) is 9.54. The van der Waals surface area contributed by atoms with Gasteiger partial charge in [-0.05, 0) is 35.6 Å². The summed E-state index contributed by atoms with van der Waals surface area (Å²) in [5.41, 5.74) is 1.88. The first-order chi connectivity index (χ1) is 15.4. The molecule has 0 bridgehead atoms. The van der Waals surface area contributed by atoms with Crippen LogP contribution >= 0.6 is 11.6 Å². The van der Waals surface area contributed by atoms with E-state index in [0.717, 1.165) is 17.7 Å². The number of hydrogen-bond donors (Lipinski definition) is 0. The molecule has 0 N–H and O–H groups in total. The van der Waals surface area contributed by atoms with E-state index in [0.29, 0.717) is 23.7 Å². The molecule has 32 heavy (non-hydrogen) atoms. The number of amides is 3. The third-order valence-corrected chi connectivity index (χ3v) is 7.80. The second kappa shape index (κ2) is 7.59. The van der Waals surface area contributed by atoms with Crippen molar-refractivity contribution < 1.29 is 14.4 Å². The maximum absolute atomic E-state index is 13.4. The molecular weight excluding hydrogens is 424 g/mol. The van der Waals surface area contributed by atoms with E-state index in [1.54, 1.807) is 24.3 Å². The molecule has 2 saturated heterocycles. The van der Waals surface area contributed by atoms with Gasteiger partial charge in [0.2, 0.25) is 17.7 Å². The van der Waals surface area contributed by atoms with Crippen molar-refractivity contribution in [2.45, 2.75) is 36.5 Å². The average molecular weight is 449 g/mol. The van der Waals surface area contributed by atoms with Crippen molar-refractivity contribution in [3.63, 3.8) is 0 Å². The summed E-state index contributed by atoms with van der Waals surface area (Å²) in [5.74, 6) is -0.746. The van der Waals surface area contributed by atoms with E-state index >= 15 is 0 Å². The maximum Gasteiger partial charge on any atom is 0.240 e. The fraction of sp³-hybridized carbons (Fsp3) is 0.346. The number of imide groups is 1. The van der Waals surface area contributed by atoms with Crippen molar-refractivity contribution in [3.05, 3.63) is 76.3 Å². The van der Waals surface area contributed by atoms with Gasteiger partial charge in [0, 0.05) is 43.4 Å². The molecule has 2 fully saturated rings. The monoisotopic (exact) mass is 448 g/mol. The molecule has 1 spiro atoms. The lowest BCUT2D eigenvalue weighted by molar-refractivity contribution is -0.142. The van der Waals surface area contributed by atoms with E-state index in [4.69, 9.17) is 11.6 Å². The van der Waals surface area contributed by atoms with Gasteiger partial charge in [0.25, 0.3) is 0 Å². The van der Waals surface area contributed by atoms with Crippen molar-refractivity contribution in [1.29, 1.82) is 0 Å². The zero-order valence-electron chi connectivity index (χ0n) is 18.0. The Balaban J connectivity index is 1.38. The summed E-state index contributed by atoms with van der Waals surface area (Å²) in [4.78, 5) is 42.1. The summed E-state index contributed by atoms with van der Waals surface area (Å²) in [6.45, 7) is 1.24. The summed E-state index contributed by atoms with van der Waals surface area (Å²) in [6.07, 6.45) is 6.06. The van der Waals surface area contributed by atoms with Crippen LogP contribution in [-0.4, -0.2) is 47.7 Å². The Morgan fingerprint density at radius 2 is 1.66 bits per heavy atom. The van der Waals surface area contributed by atoms with E-state index in [-0.39, 0.29) is 36.0 Å². The van der Waals surface area contributed by atoms with E-state index in [1.807, 2.05) is 11.0 Å². The molecule has 2 heterocycles. The highest BCUT2D eigenvalue weighted by molar-refractivity contribution is 6.32. The van der Waals surface area contributed by atoms with Crippen LogP contribution in [0, 0.1) is 0 Å². The van der Waals surface area contributed by atoms with Crippen LogP contribution in [0.5, 0.6) is 0 Å². The number of allylic oxidation sites excluding steroid dienone is 1. The van der Waals surface area contributed by atoms with Crippen LogP contribution < -0.4 is 0 Å². The highest BCUT2D eigenvalue weighted by atomic mass is 35.5. The standard InChI is InChI=1S/C26H25ClN2O3/c1-28-22(30)16-26(24(28)32,20-8-4-5-9-21(20)27)17-23(31)29-14-12-25(13-15-29)11-10-18-6-2-3-7-19(18)25/h2-11H,12-17H2,1H3. The van der Waals surface area contributed by atoms with Crippen molar-refractivity contribution >= 4 is 35.4 Å². The fourth-order valence-electron chi connectivity index (χ4n) is 5.58. The molecule has 5 nitrogen and oxygen atoms in total. The highest BCUT2D eigenvalue weighted by Gasteiger charge is 2.54. The number of likely N-dealkylation sites (N-methyl/N-ethyl adjacent to an activating group) is 1. The van der Waals surface area contributed by atoms with Crippen molar-refractivity contribution in [2.24, 2.45) is 0 Å². The molecule has 2 aromatic rings. The molecule has 1 aliphatic carbocycles. The summed E-state index contributed by atoms with van der Waals surface area (Å²) >= 11 is 6.44. The number of carbonyl (C=O) groups excluding carboxylic acids is 3. The number of piperidine rings is 1. The van der Waals surface area contributed by atoms with Gasteiger partial charge in [-0.1, -0.05) is 66.2 Å². The molecule has 3 amide bonds. The van der Waals surface area contributed by atoms with Gasteiger partial charge in [-0.25, -0.2) is 0 Å². The molecule has 1 unspecified atom stereocenters. The SMILES string of the molecule is CN1C(=O)CC(CC(=O)N2CCC3(C=Cc4ccccc43)CC2)(c2ccccc2Cl)C1=O. The normalized spacial score (nSPS) is 23.8. The quantitative estimate of drug-likeness (QED) is 0.668. The molecule has 6 heteroatoms. The van der Waals surface area contributed by atoms with Crippen LogP contribution in [0.4, 0.5) is 0 Å². The van der Waals surface area contributed by atoms with Crippen molar-refractivity contribution in [1.82, 2.24) is 9.80 Å². The van der Waals surface area contributed by atoms with E-state index in [2.05, 4.69) is 30.4 Å². The number of carbonyl (C=O) groups is 3. The molecular formula is C26H25ClN2O3. The smallest absolute Gasteiger partial charge is 0.240 e. The fourth-order valence-corrected chi connectivity index (χ4v) is 5.89.